The number of nitrogens with zero attached hydrogens (tertiary/aromatic N) is 1. The first-order valence-electron chi connectivity index (χ1n) is 6.19. The molecule has 0 saturated carbocycles. The van der Waals surface area contributed by atoms with Gasteiger partial charge in [-0.05, 0) is 26.0 Å². The van der Waals surface area contributed by atoms with Crippen molar-refractivity contribution in [2.75, 3.05) is 13.7 Å². The Morgan fingerprint density at radius 1 is 1.45 bits per heavy atom. The standard InChI is InChI=1S/C14H16N2O4/c1-4-19-14(17)16-15-9(2)12-8-10-6-5-7-11(18-3)13(10)20-12/h5-8H,4H2,1-3H3,(H,16,17)/b15-9-. The van der Waals surface area contributed by atoms with Gasteiger partial charge in [-0.2, -0.15) is 5.10 Å². The van der Waals surface area contributed by atoms with Crippen LogP contribution in [0.4, 0.5) is 4.79 Å². The number of nitrogens with one attached hydrogen (secondary N) is 1. The zero-order chi connectivity index (χ0) is 14.5. The van der Waals surface area contributed by atoms with E-state index in [0.29, 0.717) is 29.4 Å². The highest BCUT2D eigenvalue weighted by Crippen LogP contribution is 2.28. The maximum Gasteiger partial charge on any atom is 0.427 e. The second kappa shape index (κ2) is 6.10. The van der Waals surface area contributed by atoms with Crippen LogP contribution in [0.15, 0.2) is 33.8 Å². The smallest absolute Gasteiger partial charge is 0.427 e. The molecule has 6 heteroatoms. The molecule has 0 bridgehead atoms. The minimum absolute atomic E-state index is 0.294. The van der Waals surface area contributed by atoms with Gasteiger partial charge in [0.05, 0.1) is 13.7 Å². The van der Waals surface area contributed by atoms with E-state index in [1.54, 1.807) is 21.0 Å². The van der Waals surface area contributed by atoms with Crippen molar-refractivity contribution in [2.24, 2.45) is 5.10 Å². The molecule has 1 heterocycles. The number of amides is 1. The lowest BCUT2D eigenvalue weighted by molar-refractivity contribution is 0.152. The van der Waals surface area contributed by atoms with Crippen LogP contribution in [0.25, 0.3) is 11.0 Å². The summed E-state index contributed by atoms with van der Waals surface area (Å²) in [5.74, 6) is 1.21. The third-order valence-corrected chi connectivity index (χ3v) is 2.67. The minimum atomic E-state index is -0.597. The predicted molar refractivity (Wildman–Crippen MR) is 75.1 cm³/mol. The molecular weight excluding hydrogens is 260 g/mol. The number of carbonyl (C=O) groups excluding carboxylic acids is 1. The summed E-state index contributed by atoms with van der Waals surface area (Å²) in [7, 11) is 1.58. The van der Waals surface area contributed by atoms with Crippen LogP contribution in [0.1, 0.15) is 19.6 Å². The summed E-state index contributed by atoms with van der Waals surface area (Å²) >= 11 is 0. The third-order valence-electron chi connectivity index (χ3n) is 2.67. The van der Waals surface area contributed by atoms with Gasteiger partial charge in [0.15, 0.2) is 17.1 Å². The molecule has 0 saturated heterocycles. The van der Waals surface area contributed by atoms with Gasteiger partial charge in [-0.3, -0.25) is 0 Å². The Balaban J connectivity index is 2.24. The number of hydrogen-bond donors (Lipinski definition) is 1. The summed E-state index contributed by atoms with van der Waals surface area (Å²) in [6.07, 6.45) is -0.597. The zero-order valence-corrected chi connectivity index (χ0v) is 11.6. The lowest BCUT2D eigenvalue weighted by Crippen LogP contribution is -2.20. The van der Waals surface area contributed by atoms with Crippen molar-refractivity contribution in [2.45, 2.75) is 13.8 Å². The molecule has 20 heavy (non-hydrogen) atoms. The van der Waals surface area contributed by atoms with Crippen LogP contribution < -0.4 is 10.2 Å². The number of hydrogen-bond acceptors (Lipinski definition) is 5. The molecule has 0 fully saturated rings. The van der Waals surface area contributed by atoms with Crippen molar-refractivity contribution < 1.29 is 18.7 Å². The van der Waals surface area contributed by atoms with E-state index in [-0.39, 0.29) is 0 Å². The molecule has 2 rings (SSSR count). The van der Waals surface area contributed by atoms with Crippen molar-refractivity contribution in [1.82, 2.24) is 5.43 Å². The quantitative estimate of drug-likeness (QED) is 0.688. The summed E-state index contributed by atoms with van der Waals surface area (Å²) in [4.78, 5) is 11.2. The molecule has 0 aliphatic heterocycles. The van der Waals surface area contributed by atoms with Crippen LogP contribution in [-0.4, -0.2) is 25.5 Å². The van der Waals surface area contributed by atoms with E-state index in [4.69, 9.17) is 13.9 Å². The largest absolute Gasteiger partial charge is 0.493 e. The molecule has 0 spiro atoms. The van der Waals surface area contributed by atoms with Crippen LogP contribution >= 0.6 is 0 Å². The van der Waals surface area contributed by atoms with Gasteiger partial charge in [-0.15, -0.1) is 0 Å². The van der Waals surface area contributed by atoms with Gasteiger partial charge >= 0.3 is 6.09 Å². The van der Waals surface area contributed by atoms with Gasteiger partial charge in [-0.25, -0.2) is 10.2 Å². The van der Waals surface area contributed by atoms with Crippen molar-refractivity contribution in [1.29, 1.82) is 0 Å². The Kier molecular flexibility index (Phi) is 4.24. The fourth-order valence-electron chi connectivity index (χ4n) is 1.72. The molecule has 1 aromatic carbocycles. The summed E-state index contributed by atoms with van der Waals surface area (Å²) in [6.45, 7) is 3.75. The Morgan fingerprint density at radius 2 is 2.25 bits per heavy atom. The van der Waals surface area contributed by atoms with Gasteiger partial charge in [-0.1, -0.05) is 12.1 Å². The maximum atomic E-state index is 11.2. The average molecular weight is 276 g/mol. The molecule has 106 valence electrons. The number of rotatable bonds is 4. The summed E-state index contributed by atoms with van der Waals surface area (Å²) < 4.78 is 15.6. The Bertz CT molecular complexity index is 646. The molecule has 0 unspecified atom stereocenters. The minimum Gasteiger partial charge on any atom is -0.493 e. The topological polar surface area (TPSA) is 73.1 Å². The van der Waals surface area contributed by atoms with E-state index >= 15 is 0 Å². The molecule has 1 amide bonds. The van der Waals surface area contributed by atoms with Gasteiger partial charge in [0.1, 0.15) is 5.71 Å². The number of hydrazone groups is 1. The number of benzene rings is 1. The van der Waals surface area contributed by atoms with E-state index in [9.17, 15) is 4.79 Å². The fourth-order valence-corrected chi connectivity index (χ4v) is 1.72. The lowest BCUT2D eigenvalue weighted by atomic mass is 10.2. The predicted octanol–water partition coefficient (Wildman–Crippen LogP) is 2.91. The van der Waals surface area contributed by atoms with Crippen LogP contribution in [-0.2, 0) is 4.74 Å². The first-order chi connectivity index (χ1) is 9.65. The van der Waals surface area contributed by atoms with Crippen LogP contribution in [0.5, 0.6) is 5.75 Å². The van der Waals surface area contributed by atoms with Crippen LogP contribution in [0.2, 0.25) is 0 Å². The number of ether oxygens (including phenoxy) is 2. The maximum absolute atomic E-state index is 11.2. The molecule has 1 aromatic heterocycles. The second-order valence-corrected chi connectivity index (χ2v) is 4.02. The van der Waals surface area contributed by atoms with Crippen molar-refractivity contribution in [3.63, 3.8) is 0 Å². The van der Waals surface area contributed by atoms with Crippen LogP contribution in [0, 0.1) is 0 Å². The molecule has 2 aromatic rings. The second-order valence-electron chi connectivity index (χ2n) is 4.02. The zero-order valence-electron chi connectivity index (χ0n) is 11.6. The lowest BCUT2D eigenvalue weighted by Gasteiger charge is -2.00. The van der Waals surface area contributed by atoms with E-state index < -0.39 is 6.09 Å². The Morgan fingerprint density at radius 3 is 2.95 bits per heavy atom. The monoisotopic (exact) mass is 276 g/mol. The van der Waals surface area contributed by atoms with Crippen molar-refractivity contribution >= 4 is 22.8 Å². The van der Waals surface area contributed by atoms with Crippen molar-refractivity contribution in [3.8, 4) is 5.75 Å². The Hall–Kier alpha value is -2.50. The van der Waals surface area contributed by atoms with Gasteiger partial charge < -0.3 is 13.9 Å². The average Bonchev–Trinajstić information content (AvgIpc) is 2.89. The van der Waals surface area contributed by atoms with E-state index in [2.05, 4.69) is 10.5 Å². The molecule has 1 N–H and O–H groups in total. The van der Waals surface area contributed by atoms with Gasteiger partial charge in [0, 0.05) is 5.39 Å². The van der Waals surface area contributed by atoms with Gasteiger partial charge in [0.2, 0.25) is 0 Å². The highest BCUT2D eigenvalue weighted by Gasteiger charge is 2.11. The number of carbonyl (C=O) groups is 1. The Labute approximate surface area is 116 Å². The number of para-hydroxylation sites is 1. The SMILES string of the molecule is CCOC(=O)N/N=C(/C)c1cc2cccc(OC)c2o1. The summed E-state index contributed by atoms with van der Waals surface area (Å²) in [5.41, 5.74) is 3.48. The first-order valence-corrected chi connectivity index (χ1v) is 6.19. The van der Waals surface area contributed by atoms with Crippen LogP contribution in [0.3, 0.4) is 0 Å². The highest BCUT2D eigenvalue weighted by molar-refractivity contribution is 6.00. The van der Waals surface area contributed by atoms with E-state index in [0.717, 1.165) is 5.39 Å². The first kappa shape index (κ1) is 13.9. The number of fused-ring (bicyclic) bond motifs is 1. The van der Waals surface area contributed by atoms with Gasteiger partial charge in [0.25, 0.3) is 0 Å². The molecular formula is C14H16N2O4. The third kappa shape index (κ3) is 2.90. The molecule has 0 radical (unpaired) electrons. The number of furan rings is 1. The highest BCUT2D eigenvalue weighted by atomic mass is 16.5. The summed E-state index contributed by atoms with van der Waals surface area (Å²) in [6, 6.07) is 7.45. The van der Waals surface area contributed by atoms with E-state index in [1.165, 1.54) is 0 Å². The molecule has 0 aliphatic rings. The molecule has 0 atom stereocenters. The fraction of sp³-hybridized carbons (Fsp3) is 0.286. The number of methoxy groups -OCH3 is 1. The molecule has 0 aliphatic carbocycles. The summed E-state index contributed by atoms with van der Waals surface area (Å²) in [5, 5.41) is 4.83. The molecule has 6 nitrogen and oxygen atoms in total. The van der Waals surface area contributed by atoms with Crippen molar-refractivity contribution in [3.05, 3.63) is 30.0 Å². The van der Waals surface area contributed by atoms with E-state index in [1.807, 2.05) is 24.3 Å². The normalized spacial score (nSPS) is 11.4.